The van der Waals surface area contributed by atoms with E-state index in [4.69, 9.17) is 0 Å². The minimum atomic E-state index is -0.915. The monoisotopic (exact) mass is 435 g/mol. The zero-order chi connectivity index (χ0) is 22.8. The van der Waals surface area contributed by atoms with Crippen molar-refractivity contribution >= 4 is 11.6 Å². The molecule has 0 aliphatic carbocycles. The van der Waals surface area contributed by atoms with Gasteiger partial charge in [0.15, 0.2) is 0 Å². The van der Waals surface area contributed by atoms with Crippen molar-refractivity contribution in [2.45, 2.75) is 20.4 Å². The third-order valence-electron chi connectivity index (χ3n) is 4.76. The van der Waals surface area contributed by atoms with Crippen molar-refractivity contribution in [1.29, 1.82) is 0 Å². The zero-order valence-corrected chi connectivity index (χ0v) is 17.3. The SMILES string of the molecule is Cc1cc(C)n(-c2nc(-c3ccccc3)cc(=O)n2CC(=O)Nc2ccc(F)cc2F)n1. The summed E-state index contributed by atoms with van der Waals surface area (Å²) in [7, 11) is 0. The molecule has 4 aromatic rings. The van der Waals surface area contributed by atoms with Gasteiger partial charge in [-0.25, -0.2) is 18.4 Å². The molecule has 0 atom stereocenters. The van der Waals surface area contributed by atoms with Crippen LogP contribution in [0.3, 0.4) is 0 Å². The lowest BCUT2D eigenvalue weighted by atomic mass is 10.1. The molecule has 9 heteroatoms. The Morgan fingerprint density at radius 3 is 2.44 bits per heavy atom. The van der Waals surface area contributed by atoms with Crippen LogP contribution < -0.4 is 10.9 Å². The van der Waals surface area contributed by atoms with Crippen molar-refractivity contribution in [3.63, 3.8) is 0 Å². The lowest BCUT2D eigenvalue weighted by Gasteiger charge is -2.15. The summed E-state index contributed by atoms with van der Waals surface area (Å²) in [5, 5.41) is 6.75. The van der Waals surface area contributed by atoms with E-state index in [1.807, 2.05) is 36.4 Å². The highest BCUT2D eigenvalue weighted by Crippen LogP contribution is 2.18. The van der Waals surface area contributed by atoms with E-state index in [0.717, 1.165) is 28.0 Å². The molecule has 4 rings (SSSR count). The average Bonchev–Trinajstić information content (AvgIpc) is 3.10. The summed E-state index contributed by atoms with van der Waals surface area (Å²) in [4.78, 5) is 30.2. The maximum Gasteiger partial charge on any atom is 0.256 e. The van der Waals surface area contributed by atoms with E-state index in [1.165, 1.54) is 10.7 Å². The van der Waals surface area contributed by atoms with Gasteiger partial charge < -0.3 is 5.32 Å². The normalized spacial score (nSPS) is 10.9. The molecule has 0 saturated heterocycles. The van der Waals surface area contributed by atoms with Crippen LogP contribution in [0, 0.1) is 25.5 Å². The maximum atomic E-state index is 13.9. The molecule has 0 unspecified atom stereocenters. The maximum absolute atomic E-state index is 13.9. The second-order valence-electron chi connectivity index (χ2n) is 7.24. The van der Waals surface area contributed by atoms with Crippen molar-refractivity contribution in [3.05, 3.63) is 94.0 Å². The standard InChI is InChI=1S/C23H19F2N5O2/c1-14-10-15(2)30(28-14)23-27-20(16-6-4-3-5-7-16)12-22(32)29(23)13-21(31)26-19-9-8-17(24)11-18(19)25/h3-12H,13H2,1-2H3,(H,26,31). The molecule has 0 radical (unpaired) electrons. The molecule has 7 nitrogen and oxygen atoms in total. The Hall–Kier alpha value is -4.14. The van der Waals surface area contributed by atoms with E-state index < -0.39 is 29.6 Å². The summed E-state index contributed by atoms with van der Waals surface area (Å²) in [6.45, 7) is 3.17. The fourth-order valence-corrected chi connectivity index (χ4v) is 3.32. The van der Waals surface area contributed by atoms with Crippen molar-refractivity contribution in [2.24, 2.45) is 0 Å². The quantitative estimate of drug-likeness (QED) is 0.519. The second-order valence-corrected chi connectivity index (χ2v) is 7.24. The van der Waals surface area contributed by atoms with Crippen molar-refractivity contribution in [1.82, 2.24) is 19.3 Å². The first-order chi connectivity index (χ1) is 15.3. The van der Waals surface area contributed by atoms with Crippen LogP contribution >= 0.6 is 0 Å². The van der Waals surface area contributed by atoms with Crippen LogP contribution in [0.4, 0.5) is 14.5 Å². The summed E-state index contributed by atoms with van der Waals surface area (Å²) < 4.78 is 29.7. The summed E-state index contributed by atoms with van der Waals surface area (Å²) in [5.41, 5.74) is 1.93. The van der Waals surface area contributed by atoms with Crippen LogP contribution in [0.15, 0.2) is 65.5 Å². The predicted octanol–water partition coefficient (Wildman–Crippen LogP) is 3.63. The van der Waals surface area contributed by atoms with Gasteiger partial charge in [0.05, 0.1) is 17.1 Å². The highest BCUT2D eigenvalue weighted by atomic mass is 19.1. The van der Waals surface area contributed by atoms with E-state index in [9.17, 15) is 18.4 Å². The first-order valence-corrected chi connectivity index (χ1v) is 9.77. The van der Waals surface area contributed by atoms with E-state index in [2.05, 4.69) is 15.4 Å². The zero-order valence-electron chi connectivity index (χ0n) is 17.3. The molecule has 1 N–H and O–H groups in total. The van der Waals surface area contributed by atoms with Crippen LogP contribution in [-0.4, -0.2) is 25.2 Å². The smallest absolute Gasteiger partial charge is 0.256 e. The molecule has 2 aromatic carbocycles. The van der Waals surface area contributed by atoms with Crippen molar-refractivity contribution in [3.8, 4) is 17.2 Å². The van der Waals surface area contributed by atoms with Crippen LogP contribution in [-0.2, 0) is 11.3 Å². The Labute approximate surface area is 182 Å². The fraction of sp³-hybridized carbons (Fsp3) is 0.130. The molecule has 1 amide bonds. The Morgan fingerprint density at radius 1 is 1.03 bits per heavy atom. The summed E-state index contributed by atoms with van der Waals surface area (Å²) in [5.74, 6) is -2.20. The van der Waals surface area contributed by atoms with Crippen molar-refractivity contribution < 1.29 is 13.6 Å². The number of benzene rings is 2. The lowest BCUT2D eigenvalue weighted by molar-refractivity contribution is -0.116. The van der Waals surface area contributed by atoms with Gasteiger partial charge in [-0.3, -0.25) is 14.2 Å². The van der Waals surface area contributed by atoms with Gasteiger partial charge in [0.2, 0.25) is 11.9 Å². The number of rotatable bonds is 5. The Balaban J connectivity index is 1.76. The number of aromatic nitrogens is 4. The van der Waals surface area contributed by atoms with E-state index >= 15 is 0 Å². The first kappa shape index (κ1) is 21.1. The van der Waals surface area contributed by atoms with Gasteiger partial charge in [-0.1, -0.05) is 30.3 Å². The highest BCUT2D eigenvalue weighted by molar-refractivity contribution is 5.90. The molecule has 32 heavy (non-hydrogen) atoms. The minimum Gasteiger partial charge on any atom is -0.322 e. The van der Waals surface area contributed by atoms with Crippen LogP contribution in [0.1, 0.15) is 11.4 Å². The molecule has 0 fully saturated rings. The third kappa shape index (κ3) is 4.31. The summed E-state index contributed by atoms with van der Waals surface area (Å²) >= 11 is 0. The average molecular weight is 435 g/mol. The predicted molar refractivity (Wildman–Crippen MR) is 116 cm³/mol. The molecule has 0 aliphatic heterocycles. The summed E-state index contributed by atoms with van der Waals surface area (Å²) in [6, 6.07) is 15.1. The van der Waals surface area contributed by atoms with Gasteiger partial charge in [-0.2, -0.15) is 5.10 Å². The van der Waals surface area contributed by atoms with Gasteiger partial charge in [0.1, 0.15) is 18.2 Å². The van der Waals surface area contributed by atoms with Crippen LogP contribution in [0.5, 0.6) is 0 Å². The molecule has 2 heterocycles. The number of nitrogens with zero attached hydrogens (tertiary/aromatic N) is 4. The Morgan fingerprint density at radius 2 is 1.78 bits per heavy atom. The van der Waals surface area contributed by atoms with E-state index in [0.29, 0.717) is 17.5 Å². The number of hydrogen-bond donors (Lipinski definition) is 1. The summed E-state index contributed by atoms with van der Waals surface area (Å²) in [6.07, 6.45) is 0. The number of hydrogen-bond acceptors (Lipinski definition) is 4. The van der Waals surface area contributed by atoms with Crippen LogP contribution in [0.2, 0.25) is 0 Å². The van der Waals surface area contributed by atoms with Gasteiger partial charge in [-0.05, 0) is 32.0 Å². The molecule has 0 bridgehead atoms. The Kier molecular flexibility index (Phi) is 5.63. The van der Waals surface area contributed by atoms with E-state index in [1.54, 1.807) is 13.8 Å². The molecule has 162 valence electrons. The lowest BCUT2D eigenvalue weighted by Crippen LogP contribution is -2.32. The first-order valence-electron chi connectivity index (χ1n) is 9.77. The molecule has 0 saturated carbocycles. The minimum absolute atomic E-state index is 0.150. The number of carbonyl (C=O) groups is 1. The number of anilines is 1. The largest absolute Gasteiger partial charge is 0.322 e. The third-order valence-corrected chi connectivity index (χ3v) is 4.76. The number of carbonyl (C=O) groups excluding carboxylic acids is 1. The molecular weight excluding hydrogens is 416 g/mol. The molecule has 0 spiro atoms. The Bertz CT molecular complexity index is 1360. The number of halogens is 2. The highest BCUT2D eigenvalue weighted by Gasteiger charge is 2.18. The van der Waals surface area contributed by atoms with Gasteiger partial charge in [-0.15, -0.1) is 0 Å². The topological polar surface area (TPSA) is 81.8 Å². The number of amides is 1. The van der Waals surface area contributed by atoms with Crippen molar-refractivity contribution in [2.75, 3.05) is 5.32 Å². The molecular formula is C23H19F2N5O2. The van der Waals surface area contributed by atoms with Gasteiger partial charge in [0.25, 0.3) is 5.56 Å². The molecule has 0 aliphatic rings. The van der Waals surface area contributed by atoms with Gasteiger partial charge in [0, 0.05) is 23.4 Å². The van der Waals surface area contributed by atoms with E-state index in [-0.39, 0.29) is 11.6 Å². The second kappa shape index (κ2) is 8.54. The fourth-order valence-electron chi connectivity index (χ4n) is 3.32. The van der Waals surface area contributed by atoms with Crippen LogP contribution in [0.25, 0.3) is 17.2 Å². The number of aryl methyl sites for hydroxylation is 2. The number of nitrogens with one attached hydrogen (secondary N) is 1. The molecule has 2 aromatic heterocycles. The van der Waals surface area contributed by atoms with Gasteiger partial charge >= 0.3 is 0 Å².